The number of nitrogens with zero attached hydrogens (tertiary/aromatic N) is 3. The smallest absolute Gasteiger partial charge is 0.357 e. The van der Waals surface area contributed by atoms with Gasteiger partial charge in [0.15, 0.2) is 0 Å². The molecule has 0 spiro atoms. The van der Waals surface area contributed by atoms with Gasteiger partial charge in [-0.3, -0.25) is 10.1 Å². The summed E-state index contributed by atoms with van der Waals surface area (Å²) in [6.07, 6.45) is 1.44. The zero-order chi connectivity index (χ0) is 18.5. The largest absolute Gasteiger partial charge is 0.430 e. The number of carbonyl (C=O) groups excluding carboxylic acids is 1. The van der Waals surface area contributed by atoms with Gasteiger partial charge in [0.2, 0.25) is 0 Å². The summed E-state index contributed by atoms with van der Waals surface area (Å²) in [7, 11) is 0. The van der Waals surface area contributed by atoms with Crippen LogP contribution < -0.4 is 4.74 Å². The first kappa shape index (κ1) is 17.0. The number of rotatable bonds is 5. The molecular formula is C18H13N3O5. The number of non-ortho nitro benzene ring substituents is 1. The van der Waals surface area contributed by atoms with E-state index in [0.29, 0.717) is 5.69 Å². The van der Waals surface area contributed by atoms with Crippen LogP contribution in [0.3, 0.4) is 0 Å². The molecule has 0 amide bonds. The van der Waals surface area contributed by atoms with E-state index in [1.54, 1.807) is 0 Å². The van der Waals surface area contributed by atoms with Crippen LogP contribution in [0.25, 0.3) is 11.3 Å². The summed E-state index contributed by atoms with van der Waals surface area (Å²) >= 11 is 0. The summed E-state index contributed by atoms with van der Waals surface area (Å²) < 4.78 is 10.3. The van der Waals surface area contributed by atoms with Crippen LogP contribution in [0.2, 0.25) is 0 Å². The summed E-state index contributed by atoms with van der Waals surface area (Å²) in [6, 6.07) is 14.7. The third-order valence-electron chi connectivity index (χ3n) is 3.36. The van der Waals surface area contributed by atoms with Gasteiger partial charge in [-0.05, 0) is 13.0 Å². The molecule has 3 aromatic rings. The second kappa shape index (κ2) is 7.39. The van der Waals surface area contributed by atoms with Crippen molar-refractivity contribution in [2.24, 2.45) is 4.99 Å². The molecule has 1 heterocycles. The molecule has 1 aromatic heterocycles. The van der Waals surface area contributed by atoms with E-state index >= 15 is 0 Å². The lowest BCUT2D eigenvalue weighted by atomic mass is 10.2. The summed E-state index contributed by atoms with van der Waals surface area (Å²) in [6.45, 7) is 1.44. The molecule has 0 saturated carbocycles. The number of ether oxygens (including phenoxy) is 1. The molecular weight excluding hydrogens is 338 g/mol. The number of nitro groups is 1. The quantitative estimate of drug-likeness (QED) is 0.226. The maximum atomic E-state index is 12.1. The van der Waals surface area contributed by atoms with E-state index in [1.165, 1.54) is 31.4 Å². The van der Waals surface area contributed by atoms with Crippen LogP contribution in [0.1, 0.15) is 6.92 Å². The first-order chi connectivity index (χ1) is 12.5. The molecule has 8 nitrogen and oxygen atoms in total. The maximum Gasteiger partial charge on any atom is 0.357 e. The molecule has 0 fully saturated rings. The fourth-order valence-corrected chi connectivity index (χ4v) is 2.09. The van der Waals surface area contributed by atoms with Crippen molar-refractivity contribution in [2.75, 3.05) is 0 Å². The van der Waals surface area contributed by atoms with Gasteiger partial charge in [0.05, 0.1) is 11.0 Å². The minimum Gasteiger partial charge on any atom is -0.430 e. The minimum atomic E-state index is -0.759. The van der Waals surface area contributed by atoms with Crippen LogP contribution >= 0.6 is 0 Å². The van der Waals surface area contributed by atoms with Crippen molar-refractivity contribution in [3.05, 3.63) is 71.0 Å². The van der Waals surface area contributed by atoms with Gasteiger partial charge in [-0.2, -0.15) is 9.98 Å². The van der Waals surface area contributed by atoms with Gasteiger partial charge in [-0.15, -0.1) is 0 Å². The zero-order valence-electron chi connectivity index (χ0n) is 13.7. The lowest BCUT2D eigenvalue weighted by Crippen LogP contribution is -2.17. The van der Waals surface area contributed by atoms with E-state index in [2.05, 4.69) is 9.98 Å². The van der Waals surface area contributed by atoms with Crippen molar-refractivity contribution in [3.8, 4) is 17.0 Å². The standard InChI is InChI=1S/C18H13N3O5/c1-12(17(22)26-15-9-5-8-14(10-15)21(23)24)19-18-20-16(11-25-18)13-6-3-2-4-7-13/h2-11H,1H3. The lowest BCUT2D eigenvalue weighted by Gasteiger charge is -2.02. The van der Waals surface area contributed by atoms with Crippen LogP contribution in [-0.4, -0.2) is 21.6 Å². The molecule has 0 aliphatic rings. The Balaban J connectivity index is 1.73. The average molecular weight is 351 g/mol. The number of esters is 1. The summed E-state index contributed by atoms with van der Waals surface area (Å²) in [5, 5.41) is 10.8. The number of carbonyl (C=O) groups is 1. The fraction of sp³-hybridized carbons (Fsp3) is 0.0556. The molecule has 0 unspecified atom stereocenters. The van der Waals surface area contributed by atoms with Crippen LogP contribution in [0.5, 0.6) is 5.75 Å². The highest BCUT2D eigenvalue weighted by Crippen LogP contribution is 2.22. The molecule has 0 aliphatic carbocycles. The van der Waals surface area contributed by atoms with Crippen LogP contribution in [0.15, 0.2) is 70.3 Å². The summed E-state index contributed by atoms with van der Waals surface area (Å²) in [5.41, 5.74) is 1.27. The number of oxazole rings is 1. The molecule has 2 aromatic carbocycles. The highest BCUT2D eigenvalue weighted by atomic mass is 16.6. The lowest BCUT2D eigenvalue weighted by molar-refractivity contribution is -0.384. The average Bonchev–Trinajstić information content (AvgIpc) is 3.11. The van der Waals surface area contributed by atoms with Crippen molar-refractivity contribution in [2.45, 2.75) is 6.92 Å². The number of nitro benzene ring substituents is 1. The monoisotopic (exact) mass is 351 g/mol. The van der Waals surface area contributed by atoms with Gasteiger partial charge in [-0.1, -0.05) is 36.4 Å². The first-order valence-electron chi connectivity index (χ1n) is 7.56. The predicted octanol–water partition coefficient (Wildman–Crippen LogP) is 3.95. The van der Waals surface area contributed by atoms with E-state index in [1.807, 2.05) is 30.3 Å². The Bertz CT molecular complexity index is 979. The molecule has 0 N–H and O–H groups in total. The third kappa shape index (κ3) is 3.99. The molecule has 26 heavy (non-hydrogen) atoms. The number of aromatic nitrogens is 1. The Morgan fingerprint density at radius 1 is 1.19 bits per heavy atom. The van der Waals surface area contributed by atoms with Crippen molar-refractivity contribution in [3.63, 3.8) is 0 Å². The van der Waals surface area contributed by atoms with Crippen LogP contribution in [-0.2, 0) is 4.79 Å². The van der Waals surface area contributed by atoms with Gasteiger partial charge in [-0.25, -0.2) is 4.79 Å². The highest BCUT2D eigenvalue weighted by molar-refractivity contribution is 6.36. The van der Waals surface area contributed by atoms with Gasteiger partial charge >= 0.3 is 12.0 Å². The number of benzene rings is 2. The van der Waals surface area contributed by atoms with E-state index in [9.17, 15) is 14.9 Å². The first-order valence-corrected chi connectivity index (χ1v) is 7.56. The molecule has 0 aliphatic heterocycles. The van der Waals surface area contributed by atoms with E-state index in [4.69, 9.17) is 9.15 Å². The normalized spacial score (nSPS) is 11.2. The second-order valence-electron chi connectivity index (χ2n) is 5.22. The van der Waals surface area contributed by atoms with Crippen molar-refractivity contribution in [1.82, 2.24) is 4.98 Å². The maximum absolute atomic E-state index is 12.1. The Labute approximate surface area is 147 Å². The topological polar surface area (TPSA) is 108 Å². The predicted molar refractivity (Wildman–Crippen MR) is 93.4 cm³/mol. The van der Waals surface area contributed by atoms with E-state index < -0.39 is 10.9 Å². The van der Waals surface area contributed by atoms with Crippen LogP contribution in [0.4, 0.5) is 11.7 Å². The van der Waals surface area contributed by atoms with Crippen LogP contribution in [0, 0.1) is 10.1 Å². The molecule has 130 valence electrons. The number of aliphatic imine (C=N–C) groups is 1. The Kier molecular flexibility index (Phi) is 4.84. The highest BCUT2D eigenvalue weighted by Gasteiger charge is 2.14. The van der Waals surface area contributed by atoms with E-state index in [-0.39, 0.29) is 23.2 Å². The molecule has 0 saturated heterocycles. The molecule has 8 heteroatoms. The number of hydrogen-bond acceptors (Lipinski definition) is 7. The molecule has 3 rings (SSSR count). The fourth-order valence-electron chi connectivity index (χ4n) is 2.09. The van der Waals surface area contributed by atoms with Gasteiger partial charge in [0, 0.05) is 11.6 Å². The Morgan fingerprint density at radius 2 is 1.96 bits per heavy atom. The summed E-state index contributed by atoms with van der Waals surface area (Å²) in [4.78, 5) is 30.4. The summed E-state index contributed by atoms with van der Waals surface area (Å²) in [5.74, 6) is -0.707. The SMILES string of the molecule is CC(=Nc1nc(-c2ccccc2)co1)C(=O)Oc1cccc([N+](=O)[O-])c1. The number of hydrogen-bond donors (Lipinski definition) is 0. The second-order valence-corrected chi connectivity index (χ2v) is 5.22. The zero-order valence-corrected chi connectivity index (χ0v) is 13.7. The molecule has 0 atom stereocenters. The van der Waals surface area contributed by atoms with E-state index in [0.717, 1.165) is 11.6 Å². The van der Waals surface area contributed by atoms with Crippen molar-refractivity contribution < 1.29 is 18.9 Å². The molecule has 0 bridgehead atoms. The van der Waals surface area contributed by atoms with Gasteiger partial charge < -0.3 is 9.15 Å². The van der Waals surface area contributed by atoms with Gasteiger partial charge in [0.25, 0.3) is 5.69 Å². The minimum absolute atomic E-state index is 0.00188. The Hall–Kier alpha value is -3.81. The van der Waals surface area contributed by atoms with Crippen molar-refractivity contribution >= 4 is 23.4 Å². The third-order valence-corrected chi connectivity index (χ3v) is 3.36. The van der Waals surface area contributed by atoms with Gasteiger partial charge in [0.1, 0.15) is 23.4 Å². The van der Waals surface area contributed by atoms with Crippen molar-refractivity contribution in [1.29, 1.82) is 0 Å². The molecule has 0 radical (unpaired) electrons. The Morgan fingerprint density at radius 3 is 2.69 bits per heavy atom.